The Morgan fingerprint density at radius 2 is 1.94 bits per heavy atom. The Morgan fingerprint density at radius 3 is 2.62 bits per heavy atom. The molecule has 10 nitrogen and oxygen atoms in total. The second-order valence-corrected chi connectivity index (χ2v) is 8.25. The standard InChI is InChI=1S/C22H26N8O2.6H2/c1-3-25-20(31)17-14-10-30(11-15(14)17)16-9-26-19(23)18(27-16)22-29-28-21(32-22)13-6-4-12(5-7-13)8-24-2;;;;;;/h4-7,9,14-15,17,24H,3,8,10-11H2,1-2H3,(H2,23,26)(H,25,31);6*1H. The third-order valence-corrected chi connectivity index (χ3v) is 6.17. The van der Waals surface area contributed by atoms with E-state index in [0.717, 1.165) is 30.8 Å². The molecule has 1 saturated heterocycles. The van der Waals surface area contributed by atoms with Gasteiger partial charge in [0, 0.05) is 46.2 Å². The average Bonchev–Trinajstić information content (AvgIpc) is 3.13. The first-order chi connectivity index (χ1) is 15.6. The van der Waals surface area contributed by atoms with Crippen molar-refractivity contribution >= 4 is 17.5 Å². The quantitative estimate of drug-likeness (QED) is 0.500. The highest BCUT2D eigenvalue weighted by Gasteiger charge is 2.59. The lowest BCUT2D eigenvalue weighted by Crippen LogP contribution is -2.32. The number of nitrogen functional groups attached to an aromatic ring is 1. The molecule has 1 saturated carbocycles. The first-order valence-electron chi connectivity index (χ1n) is 10.8. The zero-order chi connectivity index (χ0) is 22.2. The van der Waals surface area contributed by atoms with Crippen LogP contribution in [0, 0.1) is 17.8 Å². The van der Waals surface area contributed by atoms with E-state index in [4.69, 9.17) is 10.2 Å². The van der Waals surface area contributed by atoms with E-state index >= 15 is 0 Å². The number of anilines is 2. The molecule has 2 aromatic heterocycles. The number of benzene rings is 1. The molecular formula is C22H38N8O2. The maximum Gasteiger partial charge on any atom is 0.270 e. The van der Waals surface area contributed by atoms with Crippen molar-refractivity contribution in [2.24, 2.45) is 17.8 Å². The van der Waals surface area contributed by atoms with Gasteiger partial charge < -0.3 is 25.7 Å². The number of rotatable bonds is 7. The largest absolute Gasteiger partial charge is 0.414 e. The summed E-state index contributed by atoms with van der Waals surface area (Å²) in [5.74, 6) is 2.57. The fourth-order valence-electron chi connectivity index (χ4n) is 4.50. The zero-order valence-electron chi connectivity index (χ0n) is 18.1. The molecule has 1 aromatic carbocycles. The summed E-state index contributed by atoms with van der Waals surface area (Å²) in [6.45, 7) is 4.95. The normalized spacial score (nSPS) is 21.4. The van der Waals surface area contributed by atoms with Crippen LogP contribution in [0.4, 0.5) is 11.6 Å². The fraction of sp³-hybridized carbons (Fsp3) is 0.409. The number of nitrogens with one attached hydrogen (secondary N) is 2. The molecule has 5 rings (SSSR count). The van der Waals surface area contributed by atoms with Gasteiger partial charge in [-0.15, -0.1) is 10.2 Å². The smallest absolute Gasteiger partial charge is 0.270 e. The van der Waals surface area contributed by atoms with Crippen LogP contribution in [-0.2, 0) is 11.3 Å². The molecule has 1 amide bonds. The molecule has 3 aromatic rings. The van der Waals surface area contributed by atoms with E-state index in [0.29, 0.717) is 35.8 Å². The minimum absolute atomic E-state index is 0. The van der Waals surface area contributed by atoms with Gasteiger partial charge in [0.25, 0.3) is 5.89 Å². The van der Waals surface area contributed by atoms with Crippen molar-refractivity contribution in [1.82, 2.24) is 30.8 Å². The number of nitrogens with zero attached hydrogens (tertiary/aromatic N) is 5. The van der Waals surface area contributed by atoms with Crippen molar-refractivity contribution in [3.8, 4) is 23.0 Å². The minimum atomic E-state index is 0. The first-order valence-corrected chi connectivity index (χ1v) is 10.8. The molecule has 2 unspecified atom stereocenters. The van der Waals surface area contributed by atoms with Crippen LogP contribution in [0.1, 0.15) is 21.0 Å². The summed E-state index contributed by atoms with van der Waals surface area (Å²) < 4.78 is 5.87. The molecule has 1 aliphatic heterocycles. The monoisotopic (exact) mass is 446 g/mol. The van der Waals surface area contributed by atoms with Gasteiger partial charge in [-0.25, -0.2) is 9.97 Å². The summed E-state index contributed by atoms with van der Waals surface area (Å²) in [5, 5.41) is 14.3. The molecule has 2 atom stereocenters. The van der Waals surface area contributed by atoms with Gasteiger partial charge in [-0.3, -0.25) is 4.79 Å². The summed E-state index contributed by atoms with van der Waals surface area (Å²) in [6.07, 6.45) is 1.66. The summed E-state index contributed by atoms with van der Waals surface area (Å²) in [5.41, 5.74) is 8.43. The van der Waals surface area contributed by atoms with Crippen LogP contribution in [0.15, 0.2) is 34.9 Å². The fourth-order valence-corrected chi connectivity index (χ4v) is 4.50. The SMILES string of the molecule is CCNC(=O)C1C2CN(c3cnc(N)c(-c4nnc(-c5ccc(CNC)cc5)o4)n3)CC21.[HH].[HH].[HH].[HH].[HH].[HH]. The molecule has 32 heavy (non-hydrogen) atoms. The third-order valence-electron chi connectivity index (χ3n) is 6.17. The highest BCUT2D eigenvalue weighted by molar-refractivity contribution is 5.83. The molecule has 2 fully saturated rings. The van der Waals surface area contributed by atoms with E-state index in [1.165, 1.54) is 0 Å². The highest BCUT2D eigenvalue weighted by atomic mass is 16.4. The van der Waals surface area contributed by atoms with Gasteiger partial charge in [0.2, 0.25) is 11.8 Å². The summed E-state index contributed by atoms with van der Waals surface area (Å²) in [6, 6.07) is 7.91. The van der Waals surface area contributed by atoms with Crippen LogP contribution in [-0.4, -0.2) is 52.8 Å². The lowest BCUT2D eigenvalue weighted by Gasteiger charge is -2.20. The van der Waals surface area contributed by atoms with Crippen LogP contribution in [0.3, 0.4) is 0 Å². The van der Waals surface area contributed by atoms with Gasteiger partial charge in [0.15, 0.2) is 11.5 Å². The maximum atomic E-state index is 12.1. The number of carbonyl (C=O) groups excluding carboxylic acids is 1. The number of hydrogen-bond acceptors (Lipinski definition) is 9. The van der Waals surface area contributed by atoms with Crippen LogP contribution < -0.4 is 21.3 Å². The van der Waals surface area contributed by atoms with E-state index in [2.05, 4.69) is 35.7 Å². The van der Waals surface area contributed by atoms with Crippen molar-refractivity contribution in [2.45, 2.75) is 13.5 Å². The number of amides is 1. The second-order valence-electron chi connectivity index (χ2n) is 8.25. The molecule has 2 aliphatic rings. The summed E-state index contributed by atoms with van der Waals surface area (Å²) in [7, 11) is 1.91. The van der Waals surface area contributed by atoms with Gasteiger partial charge in [0.1, 0.15) is 5.82 Å². The van der Waals surface area contributed by atoms with Crippen molar-refractivity contribution in [3.05, 3.63) is 36.0 Å². The predicted octanol–water partition coefficient (Wildman–Crippen LogP) is 2.79. The lowest BCUT2D eigenvalue weighted by molar-refractivity contribution is -0.122. The van der Waals surface area contributed by atoms with Crippen molar-refractivity contribution in [1.29, 1.82) is 0 Å². The van der Waals surface area contributed by atoms with Gasteiger partial charge in [0.05, 0.1) is 6.20 Å². The molecule has 4 N–H and O–H groups in total. The van der Waals surface area contributed by atoms with Crippen molar-refractivity contribution in [2.75, 3.05) is 37.3 Å². The summed E-state index contributed by atoms with van der Waals surface area (Å²) in [4.78, 5) is 23.2. The van der Waals surface area contributed by atoms with Crippen LogP contribution >= 0.6 is 0 Å². The molecule has 0 radical (unpaired) electrons. The van der Waals surface area contributed by atoms with Gasteiger partial charge in [-0.1, -0.05) is 12.1 Å². The molecule has 0 bridgehead atoms. The van der Waals surface area contributed by atoms with Crippen molar-refractivity contribution in [3.63, 3.8) is 0 Å². The molecule has 1 aliphatic carbocycles. The van der Waals surface area contributed by atoms with Gasteiger partial charge in [-0.2, -0.15) is 0 Å². The number of nitrogens with two attached hydrogens (primary N) is 1. The average molecular weight is 447 g/mol. The van der Waals surface area contributed by atoms with E-state index in [9.17, 15) is 4.79 Å². The molecule has 3 heterocycles. The van der Waals surface area contributed by atoms with Crippen molar-refractivity contribution < 1.29 is 17.8 Å². The Morgan fingerprint density at radius 1 is 1.22 bits per heavy atom. The molecule has 0 spiro atoms. The van der Waals surface area contributed by atoms with E-state index in [1.807, 2.05) is 38.2 Å². The van der Waals surface area contributed by atoms with Gasteiger partial charge in [-0.05, 0) is 43.5 Å². The van der Waals surface area contributed by atoms with Gasteiger partial charge >= 0.3 is 0 Å². The number of hydrogen-bond donors (Lipinski definition) is 3. The maximum absolute atomic E-state index is 12.1. The van der Waals surface area contributed by atoms with Crippen LogP contribution in [0.25, 0.3) is 23.0 Å². The topological polar surface area (TPSA) is 135 Å². The van der Waals surface area contributed by atoms with E-state index < -0.39 is 0 Å². The molecular weight excluding hydrogens is 408 g/mol. The second kappa shape index (κ2) is 8.19. The Balaban J connectivity index is 0. The molecule has 178 valence electrons. The predicted molar refractivity (Wildman–Crippen MR) is 132 cm³/mol. The first kappa shape index (κ1) is 20.4. The number of piperidine rings is 1. The lowest BCUT2D eigenvalue weighted by atomic mass is 10.1. The van der Waals surface area contributed by atoms with Crippen LogP contribution in [0.5, 0.6) is 0 Å². The Kier molecular flexibility index (Phi) is 5.22. The number of fused-ring (bicyclic) bond motifs is 1. The zero-order valence-corrected chi connectivity index (χ0v) is 18.1. The third kappa shape index (κ3) is 3.66. The Bertz CT molecular complexity index is 1140. The minimum Gasteiger partial charge on any atom is -0.414 e. The summed E-state index contributed by atoms with van der Waals surface area (Å²) >= 11 is 0. The number of aromatic nitrogens is 4. The Labute approximate surface area is 194 Å². The Hall–Kier alpha value is -3.53. The van der Waals surface area contributed by atoms with Crippen LogP contribution in [0.2, 0.25) is 0 Å². The molecule has 10 heteroatoms. The number of carbonyl (C=O) groups is 1. The highest BCUT2D eigenvalue weighted by Crippen LogP contribution is 2.52. The van der Waals surface area contributed by atoms with E-state index in [-0.39, 0.29) is 32.1 Å². The van der Waals surface area contributed by atoms with E-state index in [1.54, 1.807) is 6.20 Å².